The molecule has 0 aliphatic rings. The fraction of sp³-hybridized carbons (Fsp3) is 0.357. The van der Waals surface area contributed by atoms with E-state index in [1.807, 2.05) is 44.2 Å². The van der Waals surface area contributed by atoms with E-state index in [-0.39, 0.29) is 11.9 Å². The van der Waals surface area contributed by atoms with E-state index in [4.69, 9.17) is 4.52 Å². The van der Waals surface area contributed by atoms with Gasteiger partial charge in [0, 0.05) is 5.56 Å². The summed E-state index contributed by atoms with van der Waals surface area (Å²) in [5, 5.41) is 15.8. The fourth-order valence-electron chi connectivity index (χ4n) is 1.80. The number of benzene rings is 1. The highest BCUT2D eigenvalue weighted by molar-refractivity contribution is 5.77. The molecular weight excluding hydrogens is 258 g/mol. The van der Waals surface area contributed by atoms with E-state index in [0.29, 0.717) is 5.89 Å². The first kappa shape index (κ1) is 14.0. The van der Waals surface area contributed by atoms with Crippen molar-refractivity contribution in [3.05, 3.63) is 30.3 Å². The summed E-state index contributed by atoms with van der Waals surface area (Å²) in [5.41, 5.74) is 0.795. The number of hydrogen-bond acceptors (Lipinski definition) is 5. The Morgan fingerprint density at radius 3 is 2.70 bits per heavy atom. The molecule has 6 nitrogen and oxygen atoms in total. The molecule has 0 amide bonds. The van der Waals surface area contributed by atoms with Crippen LogP contribution in [0, 0.1) is 5.92 Å². The van der Waals surface area contributed by atoms with Crippen molar-refractivity contribution in [1.29, 1.82) is 0 Å². The number of nitrogens with one attached hydrogen (secondary N) is 1. The molecule has 0 saturated heterocycles. The van der Waals surface area contributed by atoms with Crippen LogP contribution < -0.4 is 5.32 Å². The fourth-order valence-corrected chi connectivity index (χ4v) is 1.80. The second-order valence-electron chi connectivity index (χ2n) is 4.63. The standard InChI is InChI=1S/C14H17N3O3/c1-3-9(2)11(13(18)19)15-14-16-12(20-17-14)10-7-5-4-6-8-10/h4-9,11H,3H2,1-2H3,(H,15,17)(H,18,19)/t9-,11-/m0/s1. The van der Waals surface area contributed by atoms with Gasteiger partial charge in [-0.3, -0.25) is 0 Å². The summed E-state index contributed by atoms with van der Waals surface area (Å²) in [6.45, 7) is 3.80. The van der Waals surface area contributed by atoms with Gasteiger partial charge in [0.1, 0.15) is 6.04 Å². The predicted octanol–water partition coefficient (Wildman–Crippen LogP) is 2.65. The van der Waals surface area contributed by atoms with Gasteiger partial charge in [0.05, 0.1) is 0 Å². The van der Waals surface area contributed by atoms with Gasteiger partial charge in [-0.05, 0) is 23.2 Å². The maximum absolute atomic E-state index is 11.2. The topological polar surface area (TPSA) is 88.3 Å². The van der Waals surface area contributed by atoms with Gasteiger partial charge in [-0.25, -0.2) is 4.79 Å². The monoisotopic (exact) mass is 275 g/mol. The van der Waals surface area contributed by atoms with Gasteiger partial charge in [0.25, 0.3) is 11.8 Å². The molecule has 6 heteroatoms. The average Bonchev–Trinajstić information content (AvgIpc) is 2.93. The number of anilines is 1. The van der Waals surface area contributed by atoms with Crippen LogP contribution in [0.25, 0.3) is 11.5 Å². The van der Waals surface area contributed by atoms with Crippen LogP contribution in [-0.2, 0) is 4.79 Å². The number of aliphatic carboxylic acids is 1. The second-order valence-corrected chi connectivity index (χ2v) is 4.63. The zero-order valence-electron chi connectivity index (χ0n) is 11.4. The second kappa shape index (κ2) is 6.18. The lowest BCUT2D eigenvalue weighted by molar-refractivity contribution is -0.139. The molecule has 1 aromatic carbocycles. The minimum atomic E-state index is -0.926. The molecule has 1 heterocycles. The van der Waals surface area contributed by atoms with Gasteiger partial charge in [-0.1, -0.05) is 38.5 Å². The molecule has 0 aliphatic heterocycles. The van der Waals surface area contributed by atoms with Gasteiger partial charge in [-0.2, -0.15) is 4.98 Å². The first-order chi connectivity index (χ1) is 9.61. The minimum Gasteiger partial charge on any atom is -0.480 e. The molecule has 1 aromatic heterocycles. The molecule has 0 spiro atoms. The molecule has 20 heavy (non-hydrogen) atoms. The summed E-state index contributed by atoms with van der Waals surface area (Å²) in [4.78, 5) is 15.4. The first-order valence-electron chi connectivity index (χ1n) is 6.50. The third-order valence-electron chi connectivity index (χ3n) is 3.21. The number of hydrogen-bond donors (Lipinski definition) is 2. The lowest BCUT2D eigenvalue weighted by atomic mass is 10.00. The molecule has 0 bridgehead atoms. The molecule has 0 radical (unpaired) electrons. The zero-order valence-corrected chi connectivity index (χ0v) is 11.4. The van der Waals surface area contributed by atoms with E-state index in [1.54, 1.807) is 0 Å². The highest BCUT2D eigenvalue weighted by Gasteiger charge is 2.25. The van der Waals surface area contributed by atoms with Crippen LogP contribution in [0.4, 0.5) is 5.95 Å². The smallest absolute Gasteiger partial charge is 0.326 e. The van der Waals surface area contributed by atoms with E-state index >= 15 is 0 Å². The summed E-state index contributed by atoms with van der Waals surface area (Å²) in [6.07, 6.45) is 0.743. The molecule has 2 rings (SSSR count). The van der Waals surface area contributed by atoms with Crippen molar-refractivity contribution in [3.8, 4) is 11.5 Å². The minimum absolute atomic E-state index is 0.0359. The van der Waals surface area contributed by atoms with Gasteiger partial charge >= 0.3 is 5.97 Å². The Kier molecular flexibility index (Phi) is 4.34. The van der Waals surface area contributed by atoms with Gasteiger partial charge in [0.2, 0.25) is 0 Å². The molecule has 2 aromatic rings. The zero-order chi connectivity index (χ0) is 14.5. The number of carboxylic acids is 1. The van der Waals surface area contributed by atoms with Crippen LogP contribution in [0.15, 0.2) is 34.9 Å². The Bertz CT molecular complexity index is 568. The van der Waals surface area contributed by atoms with Gasteiger partial charge < -0.3 is 14.9 Å². The normalized spacial score (nSPS) is 13.7. The Morgan fingerprint density at radius 2 is 2.10 bits per heavy atom. The summed E-state index contributed by atoms with van der Waals surface area (Å²) in [5.74, 6) is -0.408. The van der Waals surface area contributed by atoms with Crippen molar-refractivity contribution in [2.24, 2.45) is 5.92 Å². The van der Waals surface area contributed by atoms with E-state index in [9.17, 15) is 9.90 Å². The highest BCUT2D eigenvalue weighted by atomic mass is 16.5. The van der Waals surface area contributed by atoms with E-state index < -0.39 is 12.0 Å². The summed E-state index contributed by atoms with van der Waals surface area (Å²) >= 11 is 0. The van der Waals surface area contributed by atoms with E-state index in [2.05, 4.69) is 15.5 Å². The molecule has 0 fully saturated rings. The number of carboxylic acid groups (broad SMARTS) is 1. The maximum Gasteiger partial charge on any atom is 0.326 e. The third kappa shape index (κ3) is 3.14. The van der Waals surface area contributed by atoms with Crippen LogP contribution in [0.1, 0.15) is 20.3 Å². The van der Waals surface area contributed by atoms with Gasteiger partial charge in [0.15, 0.2) is 0 Å². The Labute approximate surface area is 116 Å². The largest absolute Gasteiger partial charge is 0.480 e. The lowest BCUT2D eigenvalue weighted by Gasteiger charge is -2.18. The third-order valence-corrected chi connectivity index (χ3v) is 3.21. The number of nitrogens with zero attached hydrogens (tertiary/aromatic N) is 2. The average molecular weight is 275 g/mol. The van der Waals surface area contributed by atoms with Crippen molar-refractivity contribution in [2.75, 3.05) is 5.32 Å². The Morgan fingerprint density at radius 1 is 1.40 bits per heavy atom. The first-order valence-corrected chi connectivity index (χ1v) is 6.50. The lowest BCUT2D eigenvalue weighted by Crippen LogP contribution is -2.35. The van der Waals surface area contributed by atoms with E-state index in [1.165, 1.54) is 0 Å². The van der Waals surface area contributed by atoms with Crippen LogP contribution in [-0.4, -0.2) is 27.3 Å². The Hall–Kier alpha value is -2.37. The molecular formula is C14H17N3O3. The van der Waals surface area contributed by atoms with Crippen molar-refractivity contribution in [2.45, 2.75) is 26.3 Å². The van der Waals surface area contributed by atoms with Crippen molar-refractivity contribution < 1.29 is 14.4 Å². The maximum atomic E-state index is 11.2. The Balaban J connectivity index is 2.15. The predicted molar refractivity (Wildman–Crippen MR) is 74.2 cm³/mol. The van der Waals surface area contributed by atoms with Crippen LogP contribution >= 0.6 is 0 Å². The molecule has 0 unspecified atom stereocenters. The van der Waals surface area contributed by atoms with Crippen molar-refractivity contribution >= 4 is 11.9 Å². The van der Waals surface area contributed by atoms with Crippen LogP contribution in [0.3, 0.4) is 0 Å². The van der Waals surface area contributed by atoms with Gasteiger partial charge in [-0.15, -0.1) is 0 Å². The molecule has 2 atom stereocenters. The van der Waals surface area contributed by atoms with Crippen molar-refractivity contribution in [3.63, 3.8) is 0 Å². The van der Waals surface area contributed by atoms with Crippen LogP contribution in [0.5, 0.6) is 0 Å². The summed E-state index contributed by atoms with van der Waals surface area (Å²) in [6, 6.07) is 8.59. The summed E-state index contributed by atoms with van der Waals surface area (Å²) in [7, 11) is 0. The van der Waals surface area contributed by atoms with E-state index in [0.717, 1.165) is 12.0 Å². The number of aromatic nitrogens is 2. The summed E-state index contributed by atoms with van der Waals surface area (Å²) < 4.78 is 5.13. The number of rotatable bonds is 6. The SMILES string of the molecule is CC[C@H](C)[C@H](Nc1noc(-c2ccccc2)n1)C(=O)O. The molecule has 106 valence electrons. The quantitative estimate of drug-likeness (QED) is 0.842. The molecule has 0 aliphatic carbocycles. The molecule has 2 N–H and O–H groups in total. The number of carbonyl (C=O) groups is 1. The van der Waals surface area contributed by atoms with Crippen molar-refractivity contribution in [1.82, 2.24) is 10.1 Å². The van der Waals surface area contributed by atoms with Crippen LogP contribution in [0.2, 0.25) is 0 Å². The highest BCUT2D eigenvalue weighted by Crippen LogP contribution is 2.19. The molecule has 0 saturated carbocycles.